The lowest BCUT2D eigenvalue weighted by atomic mass is 10.0. The molecule has 3 aromatic rings. The summed E-state index contributed by atoms with van der Waals surface area (Å²) in [4.78, 5) is 38.0. The van der Waals surface area contributed by atoms with Crippen LogP contribution >= 0.6 is 11.3 Å². The number of nitro benzene ring substituents is 1. The quantitative estimate of drug-likeness (QED) is 0.286. The standard InChI is InChI=1S/C21H19N3O7S2/c1-13(2)14-3-5-15(6-4-14)20(26)31-12-18(25)23-21-22-11-19(32-21)33(29,30)17-9-7-16(8-10-17)24(27)28/h3-11,13H,12H2,1-2H3,(H,22,23,25). The van der Waals surface area contributed by atoms with Crippen molar-refractivity contribution in [2.24, 2.45) is 0 Å². The third kappa shape index (κ3) is 5.79. The fourth-order valence-corrected chi connectivity index (χ4v) is 5.13. The Hall–Kier alpha value is -3.64. The molecule has 1 aromatic heterocycles. The highest BCUT2D eigenvalue weighted by Crippen LogP contribution is 2.29. The number of ether oxygens (including phenoxy) is 1. The van der Waals surface area contributed by atoms with Crippen LogP contribution in [0.1, 0.15) is 35.7 Å². The number of benzene rings is 2. The smallest absolute Gasteiger partial charge is 0.338 e. The lowest BCUT2D eigenvalue weighted by Crippen LogP contribution is -2.20. The van der Waals surface area contributed by atoms with Gasteiger partial charge in [0.05, 0.1) is 21.6 Å². The molecule has 172 valence electrons. The third-order valence-corrected chi connectivity index (χ3v) is 7.64. The van der Waals surface area contributed by atoms with Gasteiger partial charge in [-0.05, 0) is 35.7 Å². The van der Waals surface area contributed by atoms with Crippen LogP contribution < -0.4 is 5.32 Å². The summed E-state index contributed by atoms with van der Waals surface area (Å²) in [5.74, 6) is -1.04. The van der Waals surface area contributed by atoms with Crippen molar-refractivity contribution >= 4 is 43.9 Å². The van der Waals surface area contributed by atoms with Crippen LogP contribution in [0.5, 0.6) is 0 Å². The Labute approximate surface area is 193 Å². The zero-order valence-electron chi connectivity index (χ0n) is 17.5. The van der Waals surface area contributed by atoms with Crippen LogP contribution in [0.2, 0.25) is 0 Å². The lowest BCUT2D eigenvalue weighted by Gasteiger charge is -2.07. The van der Waals surface area contributed by atoms with E-state index in [9.17, 15) is 28.1 Å². The first-order valence-electron chi connectivity index (χ1n) is 9.60. The molecule has 12 heteroatoms. The van der Waals surface area contributed by atoms with Crippen molar-refractivity contribution in [2.45, 2.75) is 28.9 Å². The molecule has 1 heterocycles. The summed E-state index contributed by atoms with van der Waals surface area (Å²) in [6, 6.07) is 11.3. The van der Waals surface area contributed by atoms with Crippen LogP contribution in [0.25, 0.3) is 0 Å². The number of nitrogens with zero attached hydrogens (tertiary/aromatic N) is 2. The number of nitrogens with one attached hydrogen (secondary N) is 1. The monoisotopic (exact) mass is 489 g/mol. The summed E-state index contributed by atoms with van der Waals surface area (Å²) in [5.41, 5.74) is 1.13. The number of carbonyl (C=O) groups excluding carboxylic acids is 2. The molecule has 33 heavy (non-hydrogen) atoms. The molecule has 0 fully saturated rings. The van der Waals surface area contributed by atoms with E-state index in [4.69, 9.17) is 4.74 Å². The lowest BCUT2D eigenvalue weighted by molar-refractivity contribution is -0.384. The number of rotatable bonds is 8. The number of esters is 1. The number of thiazole rings is 1. The van der Waals surface area contributed by atoms with Crippen molar-refractivity contribution in [2.75, 3.05) is 11.9 Å². The fraction of sp³-hybridized carbons (Fsp3) is 0.190. The number of carbonyl (C=O) groups is 2. The minimum absolute atomic E-state index is 0.00202. The molecule has 0 saturated carbocycles. The molecule has 0 aliphatic rings. The number of aromatic nitrogens is 1. The number of anilines is 1. The van der Waals surface area contributed by atoms with Crippen molar-refractivity contribution in [3.05, 3.63) is 76.0 Å². The van der Waals surface area contributed by atoms with Gasteiger partial charge in [-0.15, -0.1) is 0 Å². The zero-order chi connectivity index (χ0) is 24.2. The summed E-state index contributed by atoms with van der Waals surface area (Å²) in [6.45, 7) is 3.48. The molecule has 0 radical (unpaired) electrons. The van der Waals surface area contributed by atoms with Gasteiger partial charge in [-0.25, -0.2) is 18.2 Å². The molecule has 0 saturated heterocycles. The molecular formula is C21H19N3O7S2. The van der Waals surface area contributed by atoms with Crippen molar-refractivity contribution in [3.63, 3.8) is 0 Å². The van der Waals surface area contributed by atoms with Gasteiger partial charge in [0.25, 0.3) is 11.6 Å². The largest absolute Gasteiger partial charge is 0.452 e. The number of hydrogen-bond acceptors (Lipinski definition) is 9. The summed E-state index contributed by atoms with van der Waals surface area (Å²) < 4.78 is 30.2. The molecule has 0 aliphatic heterocycles. The Morgan fingerprint density at radius 2 is 1.76 bits per heavy atom. The average molecular weight is 490 g/mol. The van der Waals surface area contributed by atoms with Crippen LogP contribution in [0, 0.1) is 10.1 Å². The Balaban J connectivity index is 1.59. The Bertz CT molecular complexity index is 1280. The first kappa shape index (κ1) is 24.0. The maximum absolute atomic E-state index is 12.7. The summed E-state index contributed by atoms with van der Waals surface area (Å²) in [6.07, 6.45) is 1.07. The molecule has 1 N–H and O–H groups in total. The van der Waals surface area contributed by atoms with Gasteiger partial charge in [0.1, 0.15) is 4.21 Å². The van der Waals surface area contributed by atoms with E-state index in [-0.39, 0.29) is 19.9 Å². The Morgan fingerprint density at radius 1 is 1.12 bits per heavy atom. The molecular weight excluding hydrogens is 470 g/mol. The minimum atomic E-state index is -3.97. The van der Waals surface area contributed by atoms with Gasteiger partial charge in [-0.2, -0.15) is 0 Å². The van der Waals surface area contributed by atoms with Crippen molar-refractivity contribution in [1.29, 1.82) is 0 Å². The summed E-state index contributed by atoms with van der Waals surface area (Å²) >= 11 is 0.703. The van der Waals surface area contributed by atoms with Gasteiger partial charge >= 0.3 is 5.97 Å². The topological polar surface area (TPSA) is 146 Å². The first-order valence-corrected chi connectivity index (χ1v) is 11.9. The molecule has 0 atom stereocenters. The molecule has 3 rings (SSSR count). The predicted molar refractivity (Wildman–Crippen MR) is 120 cm³/mol. The number of amides is 1. The molecule has 10 nitrogen and oxygen atoms in total. The van der Waals surface area contributed by atoms with E-state index in [1.807, 2.05) is 26.0 Å². The Kier molecular flexibility index (Phi) is 7.19. The van der Waals surface area contributed by atoms with E-state index in [0.717, 1.165) is 36.0 Å². The number of hydrogen-bond donors (Lipinski definition) is 1. The second-order valence-electron chi connectivity index (χ2n) is 7.14. The van der Waals surface area contributed by atoms with Gasteiger partial charge in [0, 0.05) is 12.1 Å². The number of nitro groups is 1. The fourth-order valence-electron chi connectivity index (χ4n) is 2.68. The second kappa shape index (κ2) is 9.88. The Morgan fingerprint density at radius 3 is 2.33 bits per heavy atom. The van der Waals surface area contributed by atoms with Gasteiger partial charge in [-0.1, -0.05) is 37.3 Å². The molecule has 0 aliphatic carbocycles. The van der Waals surface area contributed by atoms with E-state index in [2.05, 4.69) is 10.3 Å². The van der Waals surface area contributed by atoms with Crippen LogP contribution in [0.15, 0.2) is 63.8 Å². The maximum Gasteiger partial charge on any atom is 0.338 e. The van der Waals surface area contributed by atoms with Crippen LogP contribution in [-0.2, 0) is 19.4 Å². The van der Waals surface area contributed by atoms with Gasteiger partial charge in [-0.3, -0.25) is 20.2 Å². The van der Waals surface area contributed by atoms with E-state index in [1.165, 1.54) is 0 Å². The molecule has 1 amide bonds. The van der Waals surface area contributed by atoms with Gasteiger partial charge in [0.15, 0.2) is 11.7 Å². The first-order chi connectivity index (χ1) is 15.6. The number of sulfone groups is 1. The summed E-state index contributed by atoms with van der Waals surface area (Å²) in [5, 5.41) is 13.1. The van der Waals surface area contributed by atoms with Crippen LogP contribution in [0.4, 0.5) is 10.8 Å². The SMILES string of the molecule is CC(C)c1ccc(C(=O)OCC(=O)Nc2ncc(S(=O)(=O)c3ccc([N+](=O)[O-])cc3)s2)cc1. The normalized spacial score (nSPS) is 11.2. The average Bonchev–Trinajstić information content (AvgIpc) is 3.27. The minimum Gasteiger partial charge on any atom is -0.452 e. The van der Waals surface area contributed by atoms with Gasteiger partial charge in [0.2, 0.25) is 9.84 Å². The van der Waals surface area contributed by atoms with Crippen molar-refractivity contribution < 1.29 is 27.7 Å². The highest BCUT2D eigenvalue weighted by atomic mass is 32.2. The van der Waals surface area contributed by atoms with E-state index in [1.54, 1.807) is 12.1 Å². The van der Waals surface area contributed by atoms with E-state index < -0.39 is 33.2 Å². The molecule has 0 bridgehead atoms. The van der Waals surface area contributed by atoms with E-state index >= 15 is 0 Å². The summed E-state index contributed by atoms with van der Waals surface area (Å²) in [7, 11) is -3.97. The predicted octanol–water partition coefficient (Wildman–Crippen LogP) is 3.80. The van der Waals surface area contributed by atoms with E-state index in [0.29, 0.717) is 22.8 Å². The zero-order valence-corrected chi connectivity index (χ0v) is 19.2. The molecule has 0 spiro atoms. The maximum atomic E-state index is 12.7. The molecule has 2 aromatic carbocycles. The van der Waals surface area contributed by atoms with Crippen molar-refractivity contribution in [3.8, 4) is 0 Å². The highest BCUT2D eigenvalue weighted by molar-refractivity contribution is 7.93. The molecule has 0 unspecified atom stereocenters. The van der Waals surface area contributed by atoms with Gasteiger partial charge < -0.3 is 4.74 Å². The highest BCUT2D eigenvalue weighted by Gasteiger charge is 2.22. The third-order valence-electron chi connectivity index (χ3n) is 4.50. The van der Waals surface area contributed by atoms with Crippen LogP contribution in [-0.4, -0.2) is 36.8 Å². The van der Waals surface area contributed by atoms with Crippen molar-refractivity contribution in [1.82, 2.24) is 4.98 Å². The van der Waals surface area contributed by atoms with Crippen LogP contribution in [0.3, 0.4) is 0 Å². The number of non-ortho nitro benzene ring substituents is 1. The second-order valence-corrected chi connectivity index (χ2v) is 10.3.